The van der Waals surface area contributed by atoms with E-state index in [1.807, 2.05) is 31.3 Å². The number of para-hydroxylation sites is 1. The van der Waals surface area contributed by atoms with Gasteiger partial charge in [-0.15, -0.1) is 0 Å². The smallest absolute Gasteiger partial charge is 0.279 e. The topological polar surface area (TPSA) is 59.8 Å². The molecule has 2 N–H and O–H groups in total. The number of ether oxygens (including phenoxy) is 1. The first kappa shape index (κ1) is 19.4. The van der Waals surface area contributed by atoms with Gasteiger partial charge in [-0.2, -0.15) is 0 Å². The highest BCUT2D eigenvalue weighted by Gasteiger charge is 2.14. The third kappa shape index (κ3) is 5.86. The second-order valence-electron chi connectivity index (χ2n) is 6.20. The van der Waals surface area contributed by atoms with E-state index in [2.05, 4.69) is 11.9 Å². The average molecular weight is 353 g/mol. The molecule has 0 aliphatic heterocycles. The van der Waals surface area contributed by atoms with Gasteiger partial charge in [-0.3, -0.25) is 9.59 Å². The van der Waals surface area contributed by atoms with Crippen LogP contribution in [0.4, 0.5) is 5.69 Å². The van der Waals surface area contributed by atoms with Crippen LogP contribution in [0.1, 0.15) is 22.8 Å². The summed E-state index contributed by atoms with van der Waals surface area (Å²) >= 11 is 0. The summed E-state index contributed by atoms with van der Waals surface area (Å²) in [5.41, 5.74) is 2.19. The minimum atomic E-state index is -0.123. The molecule has 1 unspecified atom stereocenters. The highest BCUT2D eigenvalue weighted by molar-refractivity contribution is 6.03. The van der Waals surface area contributed by atoms with Crippen molar-refractivity contribution in [3.05, 3.63) is 72.3 Å². The molecule has 0 bridgehead atoms. The molecule has 136 valence electrons. The van der Waals surface area contributed by atoms with Crippen LogP contribution < -0.4 is 15.0 Å². The van der Waals surface area contributed by atoms with Crippen molar-refractivity contribution in [1.82, 2.24) is 0 Å². The van der Waals surface area contributed by atoms with E-state index in [0.29, 0.717) is 30.9 Å². The Morgan fingerprint density at radius 3 is 2.50 bits per heavy atom. The largest absolute Gasteiger partial charge is 0.490 e. The number of hydrogen-bond acceptors (Lipinski definition) is 3. The summed E-state index contributed by atoms with van der Waals surface area (Å²) in [4.78, 5) is 25.0. The molecule has 2 rings (SSSR count). The summed E-state index contributed by atoms with van der Waals surface area (Å²) in [5, 5.41) is 2.83. The number of nitrogens with one attached hydrogen (secondary N) is 2. The maximum Gasteiger partial charge on any atom is 0.279 e. The molecular weight excluding hydrogens is 328 g/mol. The van der Waals surface area contributed by atoms with Gasteiger partial charge in [-0.25, -0.2) is 0 Å². The van der Waals surface area contributed by atoms with Crippen LogP contribution in [0.3, 0.4) is 0 Å². The van der Waals surface area contributed by atoms with Gasteiger partial charge in [0.15, 0.2) is 12.3 Å². The van der Waals surface area contributed by atoms with Crippen molar-refractivity contribution in [2.24, 2.45) is 0 Å². The number of amides is 1. The summed E-state index contributed by atoms with van der Waals surface area (Å²) in [7, 11) is 1.96. The second kappa shape index (κ2) is 9.53. The molecule has 0 aliphatic carbocycles. The molecule has 0 saturated heterocycles. The van der Waals surface area contributed by atoms with Crippen LogP contribution in [0.25, 0.3) is 0 Å². The van der Waals surface area contributed by atoms with Gasteiger partial charge in [0.25, 0.3) is 5.91 Å². The molecule has 2 aromatic carbocycles. The Morgan fingerprint density at radius 2 is 1.85 bits per heavy atom. The average Bonchev–Trinajstić information content (AvgIpc) is 2.61. The molecule has 0 aliphatic rings. The van der Waals surface area contributed by atoms with Crippen molar-refractivity contribution in [2.75, 3.05) is 25.5 Å². The number of anilines is 1. The lowest BCUT2D eigenvalue weighted by Gasteiger charge is -2.15. The van der Waals surface area contributed by atoms with E-state index >= 15 is 0 Å². The lowest BCUT2D eigenvalue weighted by atomic mass is 10.1. The molecule has 0 spiro atoms. The van der Waals surface area contributed by atoms with Crippen LogP contribution in [0.15, 0.2) is 61.2 Å². The molecule has 0 saturated carbocycles. The van der Waals surface area contributed by atoms with Crippen LogP contribution in [-0.4, -0.2) is 31.9 Å². The van der Waals surface area contributed by atoms with Crippen molar-refractivity contribution >= 4 is 17.4 Å². The summed E-state index contributed by atoms with van der Waals surface area (Å²) in [6.45, 7) is 6.61. The first-order valence-corrected chi connectivity index (χ1v) is 8.53. The highest BCUT2D eigenvalue weighted by atomic mass is 16.5. The van der Waals surface area contributed by atoms with E-state index in [9.17, 15) is 9.59 Å². The summed E-state index contributed by atoms with van der Waals surface area (Å²) in [5.74, 6) is 0.604. The van der Waals surface area contributed by atoms with E-state index in [1.165, 1.54) is 6.92 Å². The Labute approximate surface area is 154 Å². The Hall–Kier alpha value is -2.92. The number of rotatable bonds is 9. The van der Waals surface area contributed by atoms with E-state index < -0.39 is 0 Å². The van der Waals surface area contributed by atoms with Crippen LogP contribution >= 0.6 is 0 Å². The third-order valence-electron chi connectivity index (χ3n) is 3.84. The maximum atomic E-state index is 12.3. The summed E-state index contributed by atoms with van der Waals surface area (Å²) in [6, 6.07) is 14.8. The van der Waals surface area contributed by atoms with Crippen molar-refractivity contribution in [3.63, 3.8) is 0 Å². The summed E-state index contributed by atoms with van der Waals surface area (Å²) < 4.78 is 5.46. The Morgan fingerprint density at radius 1 is 1.15 bits per heavy atom. The molecule has 1 atom stereocenters. The maximum absolute atomic E-state index is 12.3. The fourth-order valence-corrected chi connectivity index (χ4v) is 2.64. The number of Topliss-reactive ketones (excluding diaryl/α,β-unsaturated/α-hetero) is 1. The van der Waals surface area contributed by atoms with E-state index in [1.54, 1.807) is 30.3 Å². The number of hydrogen-bond donors (Lipinski definition) is 2. The Bertz CT molecular complexity index is 769. The van der Waals surface area contributed by atoms with E-state index in [0.717, 1.165) is 16.2 Å². The zero-order valence-corrected chi connectivity index (χ0v) is 15.2. The number of likely N-dealkylation sites (N-methyl/N-ethyl adjacent to an activating group) is 1. The third-order valence-corrected chi connectivity index (χ3v) is 3.84. The molecule has 1 amide bonds. The normalized spacial score (nSPS) is 11.5. The van der Waals surface area contributed by atoms with Crippen LogP contribution in [0.5, 0.6) is 5.75 Å². The first-order valence-electron chi connectivity index (χ1n) is 8.53. The van der Waals surface area contributed by atoms with Gasteiger partial charge in [0.05, 0.1) is 12.7 Å². The monoisotopic (exact) mass is 353 g/mol. The number of ketones is 1. The quantitative estimate of drug-likeness (QED) is 0.536. The number of quaternary nitrogens is 1. The Balaban J connectivity index is 1.89. The molecule has 5 nitrogen and oxygen atoms in total. The van der Waals surface area contributed by atoms with Crippen molar-refractivity contribution in [1.29, 1.82) is 0 Å². The van der Waals surface area contributed by atoms with E-state index in [4.69, 9.17) is 4.74 Å². The second-order valence-corrected chi connectivity index (χ2v) is 6.20. The van der Waals surface area contributed by atoms with Crippen LogP contribution in [0.2, 0.25) is 0 Å². The minimum absolute atomic E-state index is 0.0691. The van der Waals surface area contributed by atoms with Gasteiger partial charge in [0.2, 0.25) is 0 Å². The fraction of sp³-hybridized carbons (Fsp3) is 0.238. The molecule has 0 fully saturated rings. The predicted octanol–water partition coefficient (Wildman–Crippen LogP) is 2.11. The van der Waals surface area contributed by atoms with Gasteiger partial charge in [0, 0.05) is 11.1 Å². The Kier molecular flexibility index (Phi) is 7.12. The lowest BCUT2D eigenvalue weighted by molar-refractivity contribution is -0.885. The molecule has 26 heavy (non-hydrogen) atoms. The van der Waals surface area contributed by atoms with Crippen LogP contribution in [0, 0.1) is 0 Å². The van der Waals surface area contributed by atoms with Gasteiger partial charge >= 0.3 is 0 Å². The fourth-order valence-electron chi connectivity index (χ4n) is 2.64. The van der Waals surface area contributed by atoms with Gasteiger partial charge in [0.1, 0.15) is 18.9 Å². The zero-order valence-electron chi connectivity index (χ0n) is 15.2. The number of carbonyl (C=O) groups is 2. The number of carbonyl (C=O) groups excluding carboxylic acids is 2. The molecular formula is C21H25N2O3+. The van der Waals surface area contributed by atoms with Gasteiger partial charge in [-0.1, -0.05) is 24.8 Å². The molecule has 0 radical (unpaired) electrons. The van der Waals surface area contributed by atoms with Crippen molar-refractivity contribution < 1.29 is 19.2 Å². The zero-order chi connectivity index (χ0) is 18.9. The predicted molar refractivity (Wildman–Crippen MR) is 103 cm³/mol. The minimum Gasteiger partial charge on any atom is -0.490 e. The lowest BCUT2D eigenvalue weighted by Crippen LogP contribution is -3.08. The van der Waals surface area contributed by atoms with Crippen molar-refractivity contribution in [3.8, 4) is 5.75 Å². The molecule has 0 heterocycles. The molecule has 2 aromatic rings. The van der Waals surface area contributed by atoms with Crippen LogP contribution in [-0.2, 0) is 11.3 Å². The SMILES string of the molecule is C=CCOc1ccc(C[NH+](C)CC(=O)Nc2ccccc2C(C)=O)cc1. The van der Waals surface area contributed by atoms with E-state index in [-0.39, 0.29) is 11.7 Å². The van der Waals surface area contributed by atoms with Gasteiger partial charge < -0.3 is 15.0 Å². The highest BCUT2D eigenvalue weighted by Crippen LogP contribution is 2.15. The standard InChI is InChI=1S/C21H24N2O3/c1-4-13-26-18-11-9-17(10-12-18)14-23(3)15-21(25)22-20-8-6-5-7-19(20)16(2)24/h4-12H,1,13-15H2,2-3H3,(H,22,25)/p+1. The molecule has 0 aromatic heterocycles. The van der Waals surface area contributed by atoms with Crippen molar-refractivity contribution in [2.45, 2.75) is 13.5 Å². The summed E-state index contributed by atoms with van der Waals surface area (Å²) in [6.07, 6.45) is 1.70. The first-order chi connectivity index (χ1) is 12.5. The molecule has 5 heteroatoms. The van der Waals surface area contributed by atoms with Gasteiger partial charge in [-0.05, 0) is 43.3 Å². The number of benzene rings is 2.